The second kappa shape index (κ2) is 11.9. The number of amides is 1. The number of carbonyl (C=O) groups is 1. The summed E-state index contributed by atoms with van der Waals surface area (Å²) >= 11 is 6.23. The van der Waals surface area contributed by atoms with Crippen molar-refractivity contribution >= 4 is 34.6 Å². The Morgan fingerprint density at radius 2 is 1.56 bits per heavy atom. The lowest BCUT2D eigenvalue weighted by molar-refractivity contribution is -0.123. The molecule has 1 N–H and O–H groups in total. The van der Waals surface area contributed by atoms with E-state index in [0.29, 0.717) is 16.3 Å². The van der Waals surface area contributed by atoms with Crippen LogP contribution in [0, 0.1) is 0 Å². The molecule has 0 fully saturated rings. The number of fused-ring (bicyclic) bond motifs is 1. The molecule has 2 heterocycles. The number of halogens is 1. The van der Waals surface area contributed by atoms with Crippen molar-refractivity contribution in [2.45, 2.75) is 0 Å². The summed E-state index contributed by atoms with van der Waals surface area (Å²) in [4.78, 5) is 17.0. The molecule has 0 saturated carbocycles. The van der Waals surface area contributed by atoms with E-state index in [1.807, 2.05) is 84.9 Å². The minimum absolute atomic E-state index is 0.195. The molecule has 200 valence electrons. The van der Waals surface area contributed by atoms with Gasteiger partial charge in [0.1, 0.15) is 11.3 Å². The number of pyridine rings is 1. The van der Waals surface area contributed by atoms with E-state index < -0.39 is 0 Å². The summed E-state index contributed by atoms with van der Waals surface area (Å²) in [7, 11) is 0. The fourth-order valence-electron chi connectivity index (χ4n) is 4.74. The van der Waals surface area contributed by atoms with Gasteiger partial charge >= 0.3 is 0 Å². The van der Waals surface area contributed by atoms with Crippen LogP contribution < -0.4 is 10.2 Å². The Kier molecular flexibility index (Phi) is 7.56. The van der Waals surface area contributed by atoms with Crippen molar-refractivity contribution in [1.82, 2.24) is 15.0 Å². The van der Waals surface area contributed by atoms with Crippen molar-refractivity contribution in [3.05, 3.63) is 138 Å². The van der Waals surface area contributed by atoms with Gasteiger partial charge < -0.3 is 9.30 Å². The minimum Gasteiger partial charge on any atom is -0.481 e. The van der Waals surface area contributed by atoms with Gasteiger partial charge in [0.25, 0.3) is 5.91 Å². The van der Waals surface area contributed by atoms with Crippen molar-refractivity contribution in [2.75, 3.05) is 6.61 Å². The van der Waals surface area contributed by atoms with E-state index >= 15 is 0 Å². The molecule has 0 spiro atoms. The lowest BCUT2D eigenvalue weighted by Gasteiger charge is -2.15. The highest BCUT2D eigenvalue weighted by molar-refractivity contribution is 6.30. The van der Waals surface area contributed by atoms with E-state index in [9.17, 15) is 4.79 Å². The molecule has 0 aliphatic carbocycles. The summed E-state index contributed by atoms with van der Waals surface area (Å²) in [6.07, 6.45) is 3.36. The van der Waals surface area contributed by atoms with Crippen LogP contribution in [-0.4, -0.2) is 28.3 Å². The molecule has 0 bridgehead atoms. The maximum Gasteiger partial charge on any atom is 0.277 e. The number of para-hydroxylation sites is 1. The molecule has 0 unspecified atom stereocenters. The predicted octanol–water partition coefficient (Wildman–Crippen LogP) is 7.54. The molecule has 0 aliphatic heterocycles. The Balaban J connectivity index is 1.32. The van der Waals surface area contributed by atoms with Crippen LogP contribution >= 0.6 is 11.6 Å². The Morgan fingerprint density at radius 3 is 2.32 bits per heavy atom. The lowest BCUT2D eigenvalue weighted by atomic mass is 10.1. The average Bonchev–Trinajstić information content (AvgIpc) is 3.40. The molecule has 2 aromatic heterocycles. The summed E-state index contributed by atoms with van der Waals surface area (Å²) in [5, 5.41) is 5.91. The van der Waals surface area contributed by atoms with Crippen LogP contribution in [0.1, 0.15) is 5.56 Å². The Morgan fingerprint density at radius 1 is 0.854 bits per heavy atom. The first-order chi connectivity index (χ1) is 20.2. The van der Waals surface area contributed by atoms with Crippen LogP contribution in [0.3, 0.4) is 0 Å². The second-order valence-electron chi connectivity index (χ2n) is 9.29. The lowest BCUT2D eigenvalue weighted by Crippen LogP contribution is -2.24. The van der Waals surface area contributed by atoms with Gasteiger partial charge in [0.2, 0.25) is 0 Å². The first-order valence-corrected chi connectivity index (χ1v) is 13.5. The van der Waals surface area contributed by atoms with Gasteiger partial charge in [0, 0.05) is 27.9 Å². The fourth-order valence-corrected chi connectivity index (χ4v) is 4.87. The zero-order chi connectivity index (χ0) is 28.0. The van der Waals surface area contributed by atoms with Crippen LogP contribution in [0.2, 0.25) is 5.02 Å². The van der Waals surface area contributed by atoms with Crippen molar-refractivity contribution in [1.29, 1.82) is 0 Å². The highest BCUT2D eigenvalue weighted by Crippen LogP contribution is 2.35. The number of benzene rings is 4. The molecule has 0 radical (unpaired) electrons. The monoisotopic (exact) mass is 556 g/mol. The SMILES string of the molecule is O=C(COc1cccc2cccnc12)N/N=C\c1cc(-c2ccccc2)n(-c2ccc(Cl)cc2)c1-c1ccccc1. The van der Waals surface area contributed by atoms with E-state index in [0.717, 1.165) is 39.2 Å². The van der Waals surface area contributed by atoms with Crippen molar-refractivity contribution in [3.8, 4) is 34.0 Å². The van der Waals surface area contributed by atoms with Crippen molar-refractivity contribution in [2.24, 2.45) is 5.10 Å². The fraction of sp³-hybridized carbons (Fsp3) is 0.0294. The third-order valence-electron chi connectivity index (χ3n) is 6.58. The molecule has 4 aromatic carbocycles. The van der Waals surface area contributed by atoms with Gasteiger partial charge in [-0.25, -0.2) is 5.43 Å². The number of aromatic nitrogens is 2. The molecular weight excluding hydrogens is 532 g/mol. The zero-order valence-corrected chi connectivity index (χ0v) is 22.7. The van der Waals surface area contributed by atoms with E-state index in [1.165, 1.54) is 0 Å². The Bertz CT molecular complexity index is 1830. The molecule has 7 heteroatoms. The number of hydrogen-bond acceptors (Lipinski definition) is 4. The largest absolute Gasteiger partial charge is 0.481 e. The van der Waals surface area contributed by atoms with Gasteiger partial charge in [-0.15, -0.1) is 0 Å². The highest BCUT2D eigenvalue weighted by atomic mass is 35.5. The quantitative estimate of drug-likeness (QED) is 0.155. The molecule has 41 heavy (non-hydrogen) atoms. The number of nitrogens with one attached hydrogen (secondary N) is 1. The summed E-state index contributed by atoms with van der Waals surface area (Å²) in [5.74, 6) is 0.164. The van der Waals surface area contributed by atoms with Gasteiger partial charge in [-0.1, -0.05) is 90.5 Å². The van der Waals surface area contributed by atoms with Crippen LogP contribution in [0.15, 0.2) is 133 Å². The first kappa shape index (κ1) is 26.0. The topological polar surface area (TPSA) is 68.5 Å². The van der Waals surface area contributed by atoms with Crippen LogP contribution in [0.25, 0.3) is 39.1 Å². The smallest absolute Gasteiger partial charge is 0.277 e. The number of ether oxygens (including phenoxy) is 1. The van der Waals surface area contributed by atoms with Crippen LogP contribution in [-0.2, 0) is 4.79 Å². The zero-order valence-electron chi connectivity index (χ0n) is 21.9. The number of rotatable bonds is 8. The minimum atomic E-state index is -0.379. The average molecular weight is 557 g/mol. The van der Waals surface area contributed by atoms with E-state index in [-0.39, 0.29) is 12.5 Å². The number of hydrogen-bond donors (Lipinski definition) is 1. The highest BCUT2D eigenvalue weighted by Gasteiger charge is 2.19. The summed E-state index contributed by atoms with van der Waals surface area (Å²) in [6, 6.07) is 39.5. The normalized spacial score (nSPS) is 11.1. The predicted molar refractivity (Wildman–Crippen MR) is 165 cm³/mol. The molecule has 6 nitrogen and oxygen atoms in total. The van der Waals surface area contributed by atoms with Gasteiger partial charge in [-0.2, -0.15) is 5.10 Å². The molecule has 1 amide bonds. The maximum atomic E-state index is 12.7. The summed E-state index contributed by atoms with van der Waals surface area (Å²) in [5.41, 5.74) is 9.05. The Labute approximate surface area is 242 Å². The van der Waals surface area contributed by atoms with Gasteiger partial charge in [0.15, 0.2) is 6.61 Å². The summed E-state index contributed by atoms with van der Waals surface area (Å²) in [6.45, 7) is -0.195. The van der Waals surface area contributed by atoms with Crippen LogP contribution in [0.5, 0.6) is 5.75 Å². The van der Waals surface area contributed by atoms with Gasteiger partial charge in [-0.3, -0.25) is 9.78 Å². The summed E-state index contributed by atoms with van der Waals surface area (Å²) < 4.78 is 7.94. The molecule has 6 rings (SSSR count). The maximum absolute atomic E-state index is 12.7. The van der Waals surface area contributed by atoms with Gasteiger partial charge in [-0.05, 0) is 53.6 Å². The second-order valence-corrected chi connectivity index (χ2v) is 9.73. The molecule has 6 aromatic rings. The third kappa shape index (κ3) is 5.73. The Hall–Kier alpha value is -5.20. The van der Waals surface area contributed by atoms with E-state index in [2.05, 4.69) is 50.4 Å². The molecular formula is C34H25ClN4O2. The number of nitrogens with zero attached hydrogens (tertiary/aromatic N) is 3. The molecule has 0 aliphatic rings. The molecule has 0 saturated heterocycles. The van der Waals surface area contributed by atoms with E-state index in [4.69, 9.17) is 16.3 Å². The number of carbonyl (C=O) groups excluding carboxylic acids is 1. The van der Waals surface area contributed by atoms with Crippen molar-refractivity contribution < 1.29 is 9.53 Å². The first-order valence-electron chi connectivity index (χ1n) is 13.1. The van der Waals surface area contributed by atoms with Gasteiger partial charge in [0.05, 0.1) is 17.6 Å². The van der Waals surface area contributed by atoms with E-state index in [1.54, 1.807) is 18.5 Å². The molecule has 0 atom stereocenters. The number of hydrazone groups is 1. The standard InChI is InChI=1S/C34H25ClN4O2/c35-28-16-18-29(19-17-28)39-30(24-9-3-1-4-10-24)21-27(34(39)26-11-5-2-6-12-26)22-37-38-32(40)23-41-31-15-7-13-25-14-8-20-36-33(25)31/h1-22H,23H2,(H,38,40)/b37-22-. The third-order valence-corrected chi connectivity index (χ3v) is 6.83. The van der Waals surface area contributed by atoms with Crippen LogP contribution in [0.4, 0.5) is 0 Å². The van der Waals surface area contributed by atoms with Crippen molar-refractivity contribution in [3.63, 3.8) is 0 Å².